The Bertz CT molecular complexity index is 405. The maximum Gasteiger partial charge on any atom is 0.347 e. The highest BCUT2D eigenvalue weighted by atomic mass is 32.1. The first-order valence-electron chi connectivity index (χ1n) is 5.14. The molecule has 0 saturated carbocycles. The third-order valence-corrected chi connectivity index (χ3v) is 3.78. The number of anilines is 1. The minimum Gasteiger partial charge on any atom is -0.477 e. The summed E-state index contributed by atoms with van der Waals surface area (Å²) in [5.41, 5.74) is 0.589. The fourth-order valence-corrected chi connectivity index (χ4v) is 2.75. The molecule has 2 heterocycles. The molecular weight excluding hydrogens is 228 g/mol. The third-order valence-electron chi connectivity index (χ3n) is 2.59. The van der Waals surface area contributed by atoms with Gasteiger partial charge in [-0.2, -0.15) is 0 Å². The van der Waals surface area contributed by atoms with E-state index in [0.717, 1.165) is 11.7 Å². The van der Waals surface area contributed by atoms with E-state index in [1.807, 2.05) is 0 Å². The third kappa shape index (κ3) is 2.03. The van der Waals surface area contributed by atoms with Crippen LogP contribution in [-0.4, -0.2) is 41.9 Å². The van der Waals surface area contributed by atoms with Gasteiger partial charge >= 0.3 is 5.97 Å². The monoisotopic (exact) mass is 242 g/mol. The second-order valence-electron chi connectivity index (χ2n) is 3.83. The summed E-state index contributed by atoms with van der Waals surface area (Å²) in [4.78, 5) is 17.7. The van der Waals surface area contributed by atoms with Crippen LogP contribution < -0.4 is 4.90 Å². The molecule has 6 heteroatoms. The van der Waals surface area contributed by atoms with Crippen LogP contribution in [0.15, 0.2) is 0 Å². The highest BCUT2D eigenvalue weighted by molar-refractivity contribution is 7.17. The van der Waals surface area contributed by atoms with Crippen LogP contribution in [0.5, 0.6) is 0 Å². The lowest BCUT2D eigenvalue weighted by molar-refractivity contribution is 0.0701. The number of rotatable bonds is 2. The van der Waals surface area contributed by atoms with E-state index in [0.29, 0.717) is 23.8 Å². The second-order valence-corrected chi connectivity index (χ2v) is 4.81. The van der Waals surface area contributed by atoms with E-state index in [9.17, 15) is 4.79 Å². The van der Waals surface area contributed by atoms with Crippen molar-refractivity contribution >= 4 is 22.4 Å². The molecule has 1 saturated heterocycles. The Morgan fingerprint density at radius 1 is 1.69 bits per heavy atom. The van der Waals surface area contributed by atoms with Crippen LogP contribution in [-0.2, 0) is 4.74 Å². The summed E-state index contributed by atoms with van der Waals surface area (Å²) in [6.45, 7) is 5.89. The average Bonchev–Trinajstić information content (AvgIpc) is 2.61. The van der Waals surface area contributed by atoms with Crippen LogP contribution in [0.3, 0.4) is 0 Å². The maximum absolute atomic E-state index is 10.9. The Kier molecular flexibility index (Phi) is 3.11. The van der Waals surface area contributed by atoms with Crippen molar-refractivity contribution in [2.45, 2.75) is 19.9 Å². The van der Waals surface area contributed by atoms with Crippen molar-refractivity contribution in [2.24, 2.45) is 0 Å². The Hall–Kier alpha value is -1.14. The first-order chi connectivity index (χ1) is 7.59. The van der Waals surface area contributed by atoms with Gasteiger partial charge in [0, 0.05) is 6.54 Å². The van der Waals surface area contributed by atoms with E-state index in [4.69, 9.17) is 9.84 Å². The molecule has 0 amide bonds. The van der Waals surface area contributed by atoms with E-state index >= 15 is 0 Å². The summed E-state index contributed by atoms with van der Waals surface area (Å²) >= 11 is 1.24. The molecule has 16 heavy (non-hydrogen) atoms. The molecule has 0 aromatic carbocycles. The van der Waals surface area contributed by atoms with Crippen molar-refractivity contribution < 1.29 is 14.6 Å². The number of aryl methyl sites for hydroxylation is 1. The topological polar surface area (TPSA) is 62.7 Å². The Balaban J connectivity index is 2.26. The number of aromatic nitrogens is 1. The number of carboxylic acids is 1. The number of hydrogen-bond acceptors (Lipinski definition) is 5. The smallest absolute Gasteiger partial charge is 0.347 e. The van der Waals surface area contributed by atoms with Crippen LogP contribution in [0.4, 0.5) is 5.13 Å². The first kappa shape index (κ1) is 11.3. The maximum atomic E-state index is 10.9. The summed E-state index contributed by atoms with van der Waals surface area (Å²) in [7, 11) is 0. The van der Waals surface area contributed by atoms with Gasteiger partial charge in [0.2, 0.25) is 0 Å². The lowest BCUT2D eigenvalue weighted by atomic mass is 10.3. The first-order valence-corrected chi connectivity index (χ1v) is 5.96. The molecule has 1 fully saturated rings. The Morgan fingerprint density at radius 3 is 3.00 bits per heavy atom. The highest BCUT2D eigenvalue weighted by Crippen LogP contribution is 2.28. The highest BCUT2D eigenvalue weighted by Gasteiger charge is 2.24. The van der Waals surface area contributed by atoms with Gasteiger partial charge in [-0.3, -0.25) is 0 Å². The molecule has 1 aliphatic rings. The van der Waals surface area contributed by atoms with E-state index in [1.165, 1.54) is 11.3 Å². The van der Waals surface area contributed by atoms with Gasteiger partial charge in [-0.25, -0.2) is 9.78 Å². The van der Waals surface area contributed by atoms with Crippen LogP contribution >= 0.6 is 11.3 Å². The number of ether oxygens (including phenoxy) is 1. The predicted octanol–water partition coefficient (Wildman–Crippen LogP) is 1.37. The van der Waals surface area contributed by atoms with Crippen molar-refractivity contribution in [3.05, 3.63) is 10.6 Å². The number of carbonyl (C=O) groups is 1. The van der Waals surface area contributed by atoms with Gasteiger partial charge < -0.3 is 14.7 Å². The molecule has 0 bridgehead atoms. The lowest BCUT2D eigenvalue weighted by Crippen LogP contribution is -2.43. The summed E-state index contributed by atoms with van der Waals surface area (Å²) in [5, 5.41) is 9.75. The van der Waals surface area contributed by atoms with E-state index in [2.05, 4.69) is 16.8 Å². The number of morpholine rings is 1. The van der Waals surface area contributed by atoms with Gasteiger partial charge in [0.25, 0.3) is 0 Å². The number of nitrogens with zero attached hydrogens (tertiary/aromatic N) is 2. The standard InChI is InChI=1S/C10H14N2O3S/c1-6-5-15-4-3-12(6)10-11-7(2)8(16-10)9(13)14/h6H,3-5H2,1-2H3,(H,13,14). The number of carboxylic acid groups (broad SMARTS) is 1. The van der Waals surface area contributed by atoms with Crippen molar-refractivity contribution in [1.29, 1.82) is 0 Å². The average molecular weight is 242 g/mol. The Morgan fingerprint density at radius 2 is 2.44 bits per heavy atom. The summed E-state index contributed by atoms with van der Waals surface area (Å²) in [6.07, 6.45) is 0. The van der Waals surface area contributed by atoms with E-state index in [-0.39, 0.29) is 6.04 Å². The van der Waals surface area contributed by atoms with Crippen molar-refractivity contribution in [2.75, 3.05) is 24.7 Å². The number of aromatic carboxylic acids is 1. The zero-order valence-electron chi connectivity index (χ0n) is 9.27. The number of thiazole rings is 1. The van der Waals surface area contributed by atoms with Crippen molar-refractivity contribution in [3.63, 3.8) is 0 Å². The molecule has 5 nitrogen and oxygen atoms in total. The molecule has 1 N–H and O–H groups in total. The van der Waals surface area contributed by atoms with E-state index < -0.39 is 5.97 Å². The fourth-order valence-electron chi connectivity index (χ4n) is 1.71. The molecular formula is C10H14N2O3S. The summed E-state index contributed by atoms with van der Waals surface area (Å²) in [6, 6.07) is 0.251. The molecule has 0 spiro atoms. The van der Waals surface area contributed by atoms with Crippen LogP contribution in [0.2, 0.25) is 0 Å². The zero-order valence-corrected chi connectivity index (χ0v) is 10.1. The molecule has 2 rings (SSSR count). The molecule has 1 atom stereocenters. The predicted molar refractivity (Wildman–Crippen MR) is 61.4 cm³/mol. The zero-order chi connectivity index (χ0) is 11.7. The molecule has 0 radical (unpaired) electrons. The van der Waals surface area contributed by atoms with Crippen LogP contribution in [0, 0.1) is 6.92 Å². The van der Waals surface area contributed by atoms with Crippen molar-refractivity contribution in [1.82, 2.24) is 4.98 Å². The molecule has 1 unspecified atom stereocenters. The minimum absolute atomic E-state index is 0.251. The molecule has 1 aromatic heterocycles. The van der Waals surface area contributed by atoms with Gasteiger partial charge in [-0.15, -0.1) is 0 Å². The summed E-state index contributed by atoms with van der Waals surface area (Å²) in [5.74, 6) is -0.901. The second kappa shape index (κ2) is 4.39. The summed E-state index contributed by atoms with van der Waals surface area (Å²) < 4.78 is 5.34. The van der Waals surface area contributed by atoms with E-state index in [1.54, 1.807) is 6.92 Å². The van der Waals surface area contributed by atoms with Gasteiger partial charge in [0.15, 0.2) is 5.13 Å². The van der Waals surface area contributed by atoms with Crippen LogP contribution in [0.25, 0.3) is 0 Å². The molecule has 1 aromatic rings. The SMILES string of the molecule is Cc1nc(N2CCOCC2C)sc1C(=O)O. The Labute approximate surface area is 97.7 Å². The molecule has 0 aliphatic carbocycles. The largest absolute Gasteiger partial charge is 0.477 e. The molecule has 1 aliphatic heterocycles. The van der Waals surface area contributed by atoms with Crippen LogP contribution in [0.1, 0.15) is 22.3 Å². The fraction of sp³-hybridized carbons (Fsp3) is 0.600. The van der Waals surface area contributed by atoms with Gasteiger partial charge in [0.05, 0.1) is 24.9 Å². The van der Waals surface area contributed by atoms with Gasteiger partial charge in [0.1, 0.15) is 4.88 Å². The van der Waals surface area contributed by atoms with Gasteiger partial charge in [-0.1, -0.05) is 11.3 Å². The molecule has 88 valence electrons. The normalized spacial score (nSPS) is 21.1. The lowest BCUT2D eigenvalue weighted by Gasteiger charge is -2.32. The minimum atomic E-state index is -0.901. The quantitative estimate of drug-likeness (QED) is 0.848. The van der Waals surface area contributed by atoms with Crippen molar-refractivity contribution in [3.8, 4) is 0 Å². The van der Waals surface area contributed by atoms with Gasteiger partial charge in [-0.05, 0) is 13.8 Å². The number of hydrogen-bond donors (Lipinski definition) is 1.